The Balaban J connectivity index is 1.40. The molecule has 0 aliphatic carbocycles. The van der Waals surface area contributed by atoms with Gasteiger partial charge in [0.15, 0.2) is 0 Å². The molecule has 4 nitrogen and oxygen atoms in total. The van der Waals surface area contributed by atoms with Crippen LogP contribution in [-0.2, 0) is 0 Å². The lowest BCUT2D eigenvalue weighted by Gasteiger charge is -2.31. The fourth-order valence-corrected chi connectivity index (χ4v) is 4.84. The van der Waals surface area contributed by atoms with Gasteiger partial charge in [0, 0.05) is 30.3 Å². The molecule has 2 amide bonds. The smallest absolute Gasteiger partial charge is 0.321 e. The molecule has 1 saturated heterocycles. The maximum atomic E-state index is 12.2. The number of hydrogen-bond donors (Lipinski definition) is 1. The van der Waals surface area contributed by atoms with Gasteiger partial charge in [-0.1, -0.05) is 41.7 Å². The molecule has 2 aliphatic heterocycles. The van der Waals surface area contributed by atoms with Crippen molar-refractivity contribution in [3.63, 3.8) is 0 Å². The molecule has 0 radical (unpaired) electrons. The van der Waals surface area contributed by atoms with E-state index in [2.05, 4.69) is 10.3 Å². The van der Waals surface area contributed by atoms with Crippen LogP contribution in [0.15, 0.2) is 35.3 Å². The normalized spacial score (nSPS) is 19.1. The van der Waals surface area contributed by atoms with Gasteiger partial charge in [-0.05, 0) is 30.9 Å². The van der Waals surface area contributed by atoms with E-state index in [-0.39, 0.29) is 6.03 Å². The van der Waals surface area contributed by atoms with E-state index in [1.54, 1.807) is 0 Å². The quantitative estimate of drug-likeness (QED) is 0.914. The molecule has 0 aromatic heterocycles. The van der Waals surface area contributed by atoms with Crippen LogP contribution in [0.4, 0.5) is 10.5 Å². The number of carbonyl (C=O) groups excluding carboxylic acids is 1. The first-order valence-corrected chi connectivity index (χ1v) is 9.69. The summed E-state index contributed by atoms with van der Waals surface area (Å²) in [7, 11) is 0. The molecule has 1 aromatic carbocycles. The predicted molar refractivity (Wildman–Crippen MR) is 97.0 cm³/mol. The van der Waals surface area contributed by atoms with E-state index in [1.165, 1.54) is 4.38 Å². The van der Waals surface area contributed by atoms with Crippen molar-refractivity contribution in [1.29, 1.82) is 0 Å². The maximum absolute atomic E-state index is 12.2. The van der Waals surface area contributed by atoms with Crippen LogP contribution in [0.25, 0.3) is 0 Å². The molecule has 6 heteroatoms. The first-order valence-electron chi connectivity index (χ1n) is 7.72. The average Bonchev–Trinajstić information content (AvgIpc) is 3.08. The standard InChI is InChI=1S/C16H21N3OS2/c20-15(18-14-4-2-1-3-5-14)19-9-6-13(7-10-19)12-22-16-17-8-11-21-16/h1-5,13H,6-12H2,(H,18,20). The number of para-hydroxylation sites is 1. The number of urea groups is 1. The lowest BCUT2D eigenvalue weighted by Crippen LogP contribution is -2.41. The van der Waals surface area contributed by atoms with Crippen LogP contribution in [-0.4, -0.2) is 46.4 Å². The van der Waals surface area contributed by atoms with Gasteiger partial charge >= 0.3 is 6.03 Å². The van der Waals surface area contributed by atoms with E-state index >= 15 is 0 Å². The summed E-state index contributed by atoms with van der Waals surface area (Å²) < 4.78 is 1.25. The van der Waals surface area contributed by atoms with Crippen LogP contribution in [0.3, 0.4) is 0 Å². The fourth-order valence-electron chi connectivity index (χ4n) is 2.62. The van der Waals surface area contributed by atoms with Crippen molar-refractivity contribution in [1.82, 2.24) is 4.90 Å². The molecule has 0 saturated carbocycles. The Hall–Kier alpha value is -1.14. The topological polar surface area (TPSA) is 44.7 Å². The predicted octanol–water partition coefficient (Wildman–Crippen LogP) is 3.77. The Kier molecular flexibility index (Phi) is 5.67. The number of anilines is 1. The highest BCUT2D eigenvalue weighted by atomic mass is 32.2. The second kappa shape index (κ2) is 7.92. The van der Waals surface area contributed by atoms with E-state index in [0.717, 1.165) is 49.7 Å². The van der Waals surface area contributed by atoms with Crippen molar-refractivity contribution < 1.29 is 4.79 Å². The summed E-state index contributed by atoms with van der Waals surface area (Å²) in [4.78, 5) is 18.6. The summed E-state index contributed by atoms with van der Waals surface area (Å²) in [5.74, 6) is 2.98. The summed E-state index contributed by atoms with van der Waals surface area (Å²) in [5.41, 5.74) is 0.862. The SMILES string of the molecule is O=C(Nc1ccccc1)N1CCC(CSC2=NCCS2)CC1. The number of thioether (sulfide) groups is 2. The van der Waals surface area contributed by atoms with Crippen molar-refractivity contribution >= 4 is 39.6 Å². The van der Waals surface area contributed by atoms with Crippen molar-refractivity contribution in [2.75, 3.05) is 36.5 Å². The Bertz CT molecular complexity index is 527. The molecule has 3 rings (SSSR count). The third kappa shape index (κ3) is 4.43. The molecule has 2 aliphatic rings. The van der Waals surface area contributed by atoms with Gasteiger partial charge in [0.05, 0.1) is 6.54 Å². The summed E-state index contributed by atoms with van der Waals surface area (Å²) in [5, 5.41) is 2.96. The monoisotopic (exact) mass is 335 g/mol. The highest BCUT2D eigenvalue weighted by Crippen LogP contribution is 2.28. The summed E-state index contributed by atoms with van der Waals surface area (Å²) >= 11 is 3.77. The molecule has 1 aromatic rings. The highest BCUT2D eigenvalue weighted by Gasteiger charge is 2.23. The van der Waals surface area contributed by atoms with E-state index < -0.39 is 0 Å². The number of likely N-dealkylation sites (tertiary alicyclic amines) is 1. The Labute approximate surface area is 140 Å². The van der Waals surface area contributed by atoms with E-state index in [4.69, 9.17) is 0 Å². The van der Waals surface area contributed by atoms with Gasteiger partial charge in [-0.3, -0.25) is 4.99 Å². The number of hydrogen-bond acceptors (Lipinski definition) is 4. The van der Waals surface area contributed by atoms with Gasteiger partial charge < -0.3 is 10.2 Å². The van der Waals surface area contributed by atoms with Gasteiger partial charge in [0.25, 0.3) is 0 Å². The first-order chi connectivity index (χ1) is 10.8. The number of amides is 2. The molecule has 0 spiro atoms. The molecular formula is C16H21N3OS2. The molecule has 1 N–H and O–H groups in total. The van der Waals surface area contributed by atoms with Crippen molar-refractivity contribution in [3.05, 3.63) is 30.3 Å². The molecular weight excluding hydrogens is 314 g/mol. The molecule has 0 atom stereocenters. The first kappa shape index (κ1) is 15.7. The molecule has 2 heterocycles. The Morgan fingerprint density at radius 2 is 2.09 bits per heavy atom. The molecule has 118 valence electrons. The number of piperidine rings is 1. The summed E-state index contributed by atoms with van der Waals surface area (Å²) in [6.45, 7) is 2.68. The fraction of sp³-hybridized carbons (Fsp3) is 0.500. The minimum absolute atomic E-state index is 0.0213. The minimum atomic E-state index is 0.0213. The molecule has 0 unspecified atom stereocenters. The molecule has 1 fully saturated rings. The molecule has 0 bridgehead atoms. The Morgan fingerprint density at radius 1 is 1.32 bits per heavy atom. The average molecular weight is 335 g/mol. The number of rotatable bonds is 3. The number of aliphatic imine (C=N–C) groups is 1. The van der Waals surface area contributed by atoms with E-state index in [0.29, 0.717) is 5.92 Å². The summed E-state index contributed by atoms with van der Waals surface area (Å²) in [6, 6.07) is 9.67. The zero-order valence-corrected chi connectivity index (χ0v) is 14.2. The van der Waals surface area contributed by atoms with Gasteiger partial charge in [-0.2, -0.15) is 0 Å². The zero-order valence-electron chi connectivity index (χ0n) is 12.5. The maximum Gasteiger partial charge on any atom is 0.321 e. The number of benzene rings is 1. The van der Waals surface area contributed by atoms with Gasteiger partial charge in [0.2, 0.25) is 0 Å². The van der Waals surface area contributed by atoms with Crippen molar-refractivity contribution in [2.45, 2.75) is 12.8 Å². The third-order valence-electron chi connectivity index (χ3n) is 3.93. The second-order valence-corrected chi connectivity index (χ2v) is 7.88. The largest absolute Gasteiger partial charge is 0.325 e. The lowest BCUT2D eigenvalue weighted by molar-refractivity contribution is 0.187. The van der Waals surface area contributed by atoms with Crippen LogP contribution >= 0.6 is 23.5 Å². The highest BCUT2D eigenvalue weighted by molar-refractivity contribution is 8.39. The Morgan fingerprint density at radius 3 is 2.77 bits per heavy atom. The van der Waals surface area contributed by atoms with Gasteiger partial charge in [-0.25, -0.2) is 4.79 Å². The van der Waals surface area contributed by atoms with Crippen LogP contribution in [0.2, 0.25) is 0 Å². The lowest BCUT2D eigenvalue weighted by atomic mass is 9.99. The van der Waals surface area contributed by atoms with Crippen LogP contribution in [0.1, 0.15) is 12.8 Å². The van der Waals surface area contributed by atoms with Crippen molar-refractivity contribution in [2.24, 2.45) is 10.9 Å². The van der Waals surface area contributed by atoms with E-state index in [9.17, 15) is 4.79 Å². The van der Waals surface area contributed by atoms with Crippen molar-refractivity contribution in [3.8, 4) is 0 Å². The summed E-state index contributed by atoms with van der Waals surface area (Å²) in [6.07, 6.45) is 2.18. The van der Waals surface area contributed by atoms with Crippen LogP contribution in [0, 0.1) is 5.92 Å². The third-order valence-corrected chi connectivity index (χ3v) is 6.41. The van der Waals surface area contributed by atoms with E-state index in [1.807, 2.05) is 58.8 Å². The van der Waals surface area contributed by atoms with Crippen LogP contribution in [0.5, 0.6) is 0 Å². The number of nitrogens with one attached hydrogen (secondary N) is 1. The molecule has 22 heavy (non-hydrogen) atoms. The number of carbonyl (C=O) groups is 1. The second-order valence-electron chi connectivity index (χ2n) is 5.53. The van der Waals surface area contributed by atoms with Crippen LogP contribution < -0.4 is 5.32 Å². The zero-order chi connectivity index (χ0) is 15.2. The van der Waals surface area contributed by atoms with Gasteiger partial charge in [-0.15, -0.1) is 0 Å². The number of nitrogens with zero attached hydrogens (tertiary/aromatic N) is 2. The minimum Gasteiger partial charge on any atom is -0.325 e. The van der Waals surface area contributed by atoms with Gasteiger partial charge in [0.1, 0.15) is 4.38 Å².